The zero-order valence-corrected chi connectivity index (χ0v) is 30.6. The second-order valence-electron chi connectivity index (χ2n) is 14.0. The molecule has 53 heavy (non-hydrogen) atoms. The number of halogens is 1. The molecule has 3 heterocycles. The lowest BCUT2D eigenvalue weighted by molar-refractivity contribution is -0.162. The Morgan fingerprint density at radius 2 is 1.74 bits per heavy atom. The Bertz CT molecular complexity index is 1810. The predicted molar refractivity (Wildman–Crippen MR) is 202 cm³/mol. The molecular formula is C42H46ClN3O7. The van der Waals surface area contributed by atoms with Gasteiger partial charge in [-0.3, -0.25) is 19.2 Å². The maximum Gasteiger partial charge on any atom is 0.313 e. The normalized spacial score (nSPS) is 24.5. The van der Waals surface area contributed by atoms with Crippen molar-refractivity contribution in [1.82, 2.24) is 10.2 Å². The van der Waals surface area contributed by atoms with E-state index in [0.717, 1.165) is 5.56 Å². The first-order valence-corrected chi connectivity index (χ1v) is 18.5. The van der Waals surface area contributed by atoms with Crippen LogP contribution in [0.15, 0.2) is 110 Å². The summed E-state index contributed by atoms with van der Waals surface area (Å²) in [5, 5.41) is 14.3. The molecule has 10 nitrogen and oxygen atoms in total. The maximum absolute atomic E-state index is 15.0. The van der Waals surface area contributed by atoms with Gasteiger partial charge in [-0.15, -0.1) is 13.2 Å². The average Bonchev–Trinajstić information content (AvgIpc) is 3.82. The smallest absolute Gasteiger partial charge is 0.313 e. The van der Waals surface area contributed by atoms with Crippen LogP contribution < -0.4 is 10.2 Å². The molecule has 11 heteroatoms. The van der Waals surface area contributed by atoms with Gasteiger partial charge >= 0.3 is 5.97 Å². The summed E-state index contributed by atoms with van der Waals surface area (Å²) in [7, 11) is 0. The Kier molecular flexibility index (Phi) is 11.8. The number of allylic oxidation sites excluding steroid dienone is 1. The van der Waals surface area contributed by atoms with Crippen molar-refractivity contribution in [2.45, 2.75) is 75.0 Å². The van der Waals surface area contributed by atoms with Crippen molar-refractivity contribution in [3.8, 4) is 0 Å². The highest BCUT2D eigenvalue weighted by atomic mass is 35.5. The number of esters is 1. The molecule has 278 valence electrons. The van der Waals surface area contributed by atoms with Gasteiger partial charge in [0.1, 0.15) is 17.7 Å². The highest BCUT2D eigenvalue weighted by molar-refractivity contribution is 6.30. The van der Waals surface area contributed by atoms with E-state index >= 15 is 4.79 Å². The van der Waals surface area contributed by atoms with E-state index in [9.17, 15) is 19.5 Å². The number of rotatable bonds is 16. The summed E-state index contributed by atoms with van der Waals surface area (Å²) < 4.78 is 13.0. The summed E-state index contributed by atoms with van der Waals surface area (Å²) >= 11 is 6.20. The lowest BCUT2D eigenvalue weighted by Crippen LogP contribution is -2.59. The van der Waals surface area contributed by atoms with E-state index in [1.54, 1.807) is 43.3 Å². The van der Waals surface area contributed by atoms with Crippen LogP contribution in [0.3, 0.4) is 0 Å². The number of aliphatic hydroxyl groups excluding tert-OH is 1. The summed E-state index contributed by atoms with van der Waals surface area (Å²) in [5.41, 5.74) is 0.741. The van der Waals surface area contributed by atoms with E-state index in [1.165, 1.54) is 9.80 Å². The van der Waals surface area contributed by atoms with E-state index < -0.39 is 72.2 Å². The largest absolute Gasteiger partial charge is 0.455 e. The second kappa shape index (κ2) is 16.5. The Morgan fingerprint density at radius 1 is 1.06 bits per heavy atom. The standard InChI is InChI=1S/C42H46ClN3O7/c1-4-6-17-34(48)44-27(3)37(29-15-11-8-12-16-29)52-41(51)35-33-22-23-42(53-33)36(35)39(49)46(32(26-47)25-28-13-9-7-10-14-28)38(42)40(50)45(24-5-2)31-20-18-30(43)19-21-31/h4-5,7-16,18-21,27,32-33,35-38,47H,1-2,6,17,22-26H2,3H3,(H,44,48)/t27-,32+,33-,35+,36+,37-,38-,42+/m0/s1. The number of carbonyl (C=O) groups excluding carboxylic acids is 4. The van der Waals surface area contributed by atoms with Crippen molar-refractivity contribution in [1.29, 1.82) is 0 Å². The molecule has 2 bridgehead atoms. The van der Waals surface area contributed by atoms with Gasteiger partial charge in [0.05, 0.1) is 36.6 Å². The number of amides is 3. The fourth-order valence-electron chi connectivity index (χ4n) is 8.33. The lowest BCUT2D eigenvalue weighted by Gasteiger charge is -2.39. The highest BCUT2D eigenvalue weighted by Gasteiger charge is 2.75. The number of likely N-dealkylation sites (tertiary alicyclic amines) is 1. The van der Waals surface area contributed by atoms with Crippen molar-refractivity contribution < 1.29 is 33.8 Å². The predicted octanol–water partition coefficient (Wildman–Crippen LogP) is 5.59. The van der Waals surface area contributed by atoms with Crippen LogP contribution in [0.2, 0.25) is 5.02 Å². The van der Waals surface area contributed by atoms with Crippen molar-refractivity contribution in [2.75, 3.05) is 18.1 Å². The van der Waals surface area contributed by atoms with Crippen molar-refractivity contribution >= 4 is 41.0 Å². The third-order valence-corrected chi connectivity index (χ3v) is 10.9. The molecule has 1 spiro atoms. The average molecular weight is 740 g/mol. The number of ether oxygens (including phenoxy) is 2. The highest BCUT2D eigenvalue weighted by Crippen LogP contribution is 2.59. The van der Waals surface area contributed by atoms with Crippen LogP contribution in [0.1, 0.15) is 49.8 Å². The zero-order chi connectivity index (χ0) is 37.7. The molecule has 3 amide bonds. The number of carbonyl (C=O) groups is 4. The van der Waals surface area contributed by atoms with E-state index in [4.69, 9.17) is 21.1 Å². The molecule has 6 rings (SSSR count). The number of hydrogen-bond acceptors (Lipinski definition) is 7. The van der Waals surface area contributed by atoms with Crippen LogP contribution >= 0.6 is 11.6 Å². The van der Waals surface area contributed by atoms with Crippen LogP contribution in [-0.2, 0) is 35.1 Å². The first kappa shape index (κ1) is 38.0. The van der Waals surface area contributed by atoms with Gasteiger partial charge in [-0.1, -0.05) is 84.4 Å². The van der Waals surface area contributed by atoms with Crippen LogP contribution in [0, 0.1) is 11.8 Å². The number of nitrogens with one attached hydrogen (secondary N) is 1. The van der Waals surface area contributed by atoms with Gasteiger partial charge < -0.3 is 29.7 Å². The first-order valence-electron chi connectivity index (χ1n) is 18.1. The van der Waals surface area contributed by atoms with E-state index in [0.29, 0.717) is 35.5 Å². The minimum atomic E-state index is -1.36. The van der Waals surface area contributed by atoms with Crippen molar-refractivity contribution in [3.63, 3.8) is 0 Å². The topological polar surface area (TPSA) is 125 Å². The minimum Gasteiger partial charge on any atom is -0.455 e. The fourth-order valence-corrected chi connectivity index (χ4v) is 8.46. The monoisotopic (exact) mass is 739 g/mol. The first-order chi connectivity index (χ1) is 25.6. The van der Waals surface area contributed by atoms with Crippen LogP contribution in [0.25, 0.3) is 0 Å². The summed E-state index contributed by atoms with van der Waals surface area (Å²) in [5.74, 6) is -3.78. The molecule has 3 saturated heterocycles. The van der Waals surface area contributed by atoms with Gasteiger partial charge in [-0.2, -0.15) is 0 Å². The molecular weight excluding hydrogens is 694 g/mol. The summed E-state index contributed by atoms with van der Waals surface area (Å²) in [6.45, 7) is 9.04. The van der Waals surface area contributed by atoms with Crippen LogP contribution in [-0.4, -0.2) is 76.7 Å². The number of anilines is 1. The van der Waals surface area contributed by atoms with Gasteiger partial charge in [0, 0.05) is 23.7 Å². The number of nitrogens with zero attached hydrogens (tertiary/aromatic N) is 2. The Morgan fingerprint density at radius 3 is 2.38 bits per heavy atom. The Balaban J connectivity index is 1.37. The molecule has 0 aromatic heterocycles. The molecule has 3 aromatic carbocycles. The van der Waals surface area contributed by atoms with Gasteiger partial charge in [0.2, 0.25) is 11.8 Å². The lowest BCUT2D eigenvalue weighted by atomic mass is 9.70. The molecule has 2 N–H and O–H groups in total. The number of hydrogen-bond donors (Lipinski definition) is 2. The SMILES string of the molecule is C=CCCC(=O)N[C@@H](C)[C@H](OC(=O)[C@@H]1[C@@H]2CC[C@]3(O2)[C@H](C(=O)N(CC=C)c2ccc(Cl)cc2)N([C@@H](CO)Cc2ccccc2)C(=O)[C@@H]13)c1ccccc1. The molecule has 3 aliphatic heterocycles. The number of fused-ring (bicyclic) bond motifs is 1. The molecule has 3 fully saturated rings. The summed E-state index contributed by atoms with van der Waals surface area (Å²) in [6.07, 6.45) is 3.52. The van der Waals surface area contributed by atoms with Crippen LogP contribution in [0.4, 0.5) is 5.69 Å². The van der Waals surface area contributed by atoms with E-state index in [2.05, 4.69) is 18.5 Å². The number of aliphatic hydroxyl groups is 1. The third-order valence-electron chi connectivity index (χ3n) is 10.7. The van der Waals surface area contributed by atoms with Crippen LogP contribution in [0.5, 0.6) is 0 Å². The zero-order valence-electron chi connectivity index (χ0n) is 29.8. The van der Waals surface area contributed by atoms with Crippen molar-refractivity contribution in [3.05, 3.63) is 126 Å². The third kappa shape index (κ3) is 7.54. The molecule has 0 radical (unpaired) electrons. The van der Waals surface area contributed by atoms with Gasteiger partial charge in [0.15, 0.2) is 0 Å². The minimum absolute atomic E-state index is 0.131. The van der Waals surface area contributed by atoms with Gasteiger partial charge in [-0.25, -0.2) is 0 Å². The summed E-state index contributed by atoms with van der Waals surface area (Å²) in [4.78, 5) is 60.2. The van der Waals surface area contributed by atoms with Gasteiger partial charge in [-0.05, 0) is 68.0 Å². The maximum atomic E-state index is 15.0. The molecule has 0 aliphatic carbocycles. The Hall–Kier alpha value is -4.77. The van der Waals surface area contributed by atoms with Crippen molar-refractivity contribution in [2.24, 2.45) is 11.8 Å². The molecule has 0 saturated carbocycles. The van der Waals surface area contributed by atoms with Gasteiger partial charge in [0.25, 0.3) is 5.91 Å². The quantitative estimate of drug-likeness (QED) is 0.145. The molecule has 3 aliphatic rings. The second-order valence-corrected chi connectivity index (χ2v) is 14.4. The fraction of sp³-hybridized carbons (Fsp3) is 0.381. The number of benzene rings is 3. The Labute approximate surface area is 315 Å². The summed E-state index contributed by atoms with van der Waals surface area (Å²) in [6, 6.07) is 22.8. The molecule has 3 aromatic rings. The molecule has 8 atom stereocenters. The van der Waals surface area contributed by atoms with E-state index in [1.807, 2.05) is 60.7 Å². The van der Waals surface area contributed by atoms with E-state index in [-0.39, 0.29) is 25.3 Å². The molecule has 0 unspecified atom stereocenters.